The fraction of sp³-hybridized carbons (Fsp3) is 0.414. The van der Waals surface area contributed by atoms with Crippen molar-refractivity contribution in [2.75, 3.05) is 13.1 Å². The molecule has 0 unspecified atom stereocenters. The Balaban J connectivity index is 1.23. The summed E-state index contributed by atoms with van der Waals surface area (Å²) in [6, 6.07) is 6.13. The number of ether oxygens (including phenoxy) is 1. The summed E-state index contributed by atoms with van der Waals surface area (Å²) in [6.07, 6.45) is -0.798. The molecule has 3 aromatic heterocycles. The zero-order valence-electron chi connectivity index (χ0n) is 22.7. The smallest absolute Gasteiger partial charge is 0.391 e. The van der Waals surface area contributed by atoms with Crippen LogP contribution in [0.25, 0.3) is 16.5 Å². The first-order chi connectivity index (χ1) is 19.3. The number of rotatable bonds is 5. The molecule has 9 nitrogen and oxygen atoms in total. The second-order valence-corrected chi connectivity index (χ2v) is 11.3. The Labute approximate surface area is 232 Å². The van der Waals surface area contributed by atoms with Crippen LogP contribution >= 0.6 is 0 Å². The van der Waals surface area contributed by atoms with E-state index < -0.39 is 29.6 Å². The highest BCUT2D eigenvalue weighted by molar-refractivity contribution is 6.07. The summed E-state index contributed by atoms with van der Waals surface area (Å²) < 4.78 is 52.0. The molecular formula is C29H29F3N4O5. The number of aryl methyl sites for hydroxylation is 2. The second-order valence-electron chi connectivity index (χ2n) is 11.3. The summed E-state index contributed by atoms with van der Waals surface area (Å²) in [5.74, 6) is -0.830. The number of alkyl halides is 3. The molecule has 0 radical (unpaired) electrons. The number of likely N-dealkylation sites (tertiary alicyclic amines) is 1. The van der Waals surface area contributed by atoms with Crippen molar-refractivity contribution in [2.45, 2.75) is 57.9 Å². The van der Waals surface area contributed by atoms with E-state index in [1.165, 1.54) is 0 Å². The van der Waals surface area contributed by atoms with Gasteiger partial charge in [0.25, 0.3) is 11.8 Å². The number of hydrogen-bond donors (Lipinski definition) is 2. The zero-order chi connectivity index (χ0) is 29.3. The largest absolute Gasteiger partial charge is 0.460 e. The van der Waals surface area contributed by atoms with Gasteiger partial charge in [-0.05, 0) is 57.7 Å². The molecule has 1 saturated heterocycles. The molecule has 2 fully saturated rings. The molecule has 6 rings (SSSR count). The van der Waals surface area contributed by atoms with Crippen LogP contribution in [-0.4, -0.2) is 62.3 Å². The van der Waals surface area contributed by atoms with E-state index in [1.54, 1.807) is 59.9 Å². The van der Waals surface area contributed by atoms with E-state index in [4.69, 9.17) is 9.15 Å². The lowest BCUT2D eigenvalue weighted by molar-refractivity contribution is -0.198. The lowest BCUT2D eigenvalue weighted by Gasteiger charge is -2.36. The number of hydrogen-bond acceptors (Lipinski definition) is 6. The van der Waals surface area contributed by atoms with Gasteiger partial charge >= 0.3 is 6.18 Å². The molecule has 1 aliphatic heterocycles. The second kappa shape index (κ2) is 9.51. The van der Waals surface area contributed by atoms with Crippen molar-refractivity contribution in [3.8, 4) is 11.5 Å². The summed E-state index contributed by atoms with van der Waals surface area (Å²) >= 11 is 0. The maximum absolute atomic E-state index is 13.2. The molecule has 4 aromatic rings. The molecular weight excluding hydrogens is 541 g/mol. The third kappa shape index (κ3) is 4.90. The summed E-state index contributed by atoms with van der Waals surface area (Å²) in [5, 5.41) is 17.8. The van der Waals surface area contributed by atoms with Gasteiger partial charge in [-0.15, -0.1) is 0 Å². The van der Waals surface area contributed by atoms with Crippen molar-refractivity contribution in [1.29, 1.82) is 0 Å². The Morgan fingerprint density at radius 3 is 2.66 bits per heavy atom. The van der Waals surface area contributed by atoms with Gasteiger partial charge in [-0.25, -0.2) is 4.52 Å². The summed E-state index contributed by atoms with van der Waals surface area (Å²) in [6.45, 7) is 5.87. The fourth-order valence-corrected chi connectivity index (χ4v) is 5.74. The number of amides is 2. The van der Waals surface area contributed by atoms with Crippen molar-refractivity contribution < 1.29 is 37.0 Å². The molecule has 0 spiro atoms. The van der Waals surface area contributed by atoms with Crippen LogP contribution < -0.4 is 10.1 Å². The van der Waals surface area contributed by atoms with Crippen molar-refractivity contribution in [1.82, 2.24) is 19.8 Å². The van der Waals surface area contributed by atoms with Gasteiger partial charge in [-0.3, -0.25) is 9.59 Å². The number of β-amino-alcohol motifs (C(OH)–C–C–N with tert-alkyl or cyclic N) is 1. The van der Waals surface area contributed by atoms with Gasteiger partial charge < -0.3 is 24.5 Å². The maximum Gasteiger partial charge on any atom is 0.391 e. The van der Waals surface area contributed by atoms with Crippen LogP contribution in [0, 0.1) is 19.8 Å². The number of nitrogens with zero attached hydrogens (tertiary/aromatic N) is 3. The number of aliphatic hydroxyl groups is 1. The van der Waals surface area contributed by atoms with E-state index in [-0.39, 0.29) is 30.9 Å². The predicted octanol–water partition coefficient (Wildman–Crippen LogP) is 5.16. The van der Waals surface area contributed by atoms with Crippen LogP contribution in [0.3, 0.4) is 0 Å². The highest BCUT2D eigenvalue weighted by atomic mass is 19.4. The molecule has 41 heavy (non-hydrogen) atoms. The normalized spacial score (nSPS) is 22.8. The SMILES string of the molecule is Cc1oc2cc(Oc3ccnn4cc(C(=O)N5CC[C@@](C)(O)C5)c(C)c34)ccc2c1C(=O)NC1CC(C(F)(F)F)C1. The molecule has 1 aromatic carbocycles. The first-order valence-corrected chi connectivity index (χ1v) is 13.4. The predicted molar refractivity (Wildman–Crippen MR) is 142 cm³/mol. The number of carbonyl (C=O) groups excluding carboxylic acids is 2. The lowest BCUT2D eigenvalue weighted by Crippen LogP contribution is -2.48. The van der Waals surface area contributed by atoms with Crippen LogP contribution in [-0.2, 0) is 0 Å². The monoisotopic (exact) mass is 570 g/mol. The standard InChI is InChI=1S/C29H29F3N4O5/c1-15-21(27(38)35-9-7-28(3,39)14-35)13-36-25(15)22(6-8-33-36)41-19-4-5-20-23(12-19)40-16(2)24(20)26(37)34-18-10-17(11-18)29(30,31)32/h4-6,8,12-13,17-18,39H,7,9-11,14H2,1-3H3,(H,34,37)/t17?,18?,28-/m1/s1. The maximum atomic E-state index is 13.2. The number of furan rings is 1. The molecule has 1 atom stereocenters. The fourth-order valence-electron chi connectivity index (χ4n) is 5.74. The van der Waals surface area contributed by atoms with Gasteiger partial charge in [0.05, 0.1) is 28.8 Å². The van der Waals surface area contributed by atoms with Crippen LogP contribution in [0.15, 0.2) is 41.1 Å². The number of carbonyl (C=O) groups is 2. The first-order valence-electron chi connectivity index (χ1n) is 13.4. The van der Waals surface area contributed by atoms with E-state index in [9.17, 15) is 27.9 Å². The van der Waals surface area contributed by atoms with Crippen molar-refractivity contribution in [3.63, 3.8) is 0 Å². The Kier molecular flexibility index (Phi) is 6.29. The van der Waals surface area contributed by atoms with Crippen LogP contribution in [0.4, 0.5) is 13.2 Å². The van der Waals surface area contributed by atoms with Crippen molar-refractivity contribution in [2.24, 2.45) is 5.92 Å². The molecule has 2 amide bonds. The molecule has 0 bridgehead atoms. The molecule has 1 saturated carbocycles. The highest BCUT2D eigenvalue weighted by Gasteiger charge is 2.48. The first kappa shape index (κ1) is 27.1. The Bertz CT molecular complexity index is 1680. The van der Waals surface area contributed by atoms with Crippen molar-refractivity contribution >= 4 is 28.3 Å². The van der Waals surface area contributed by atoms with Gasteiger partial charge in [0.15, 0.2) is 5.75 Å². The Morgan fingerprint density at radius 2 is 1.98 bits per heavy atom. The molecule has 216 valence electrons. The van der Waals surface area contributed by atoms with Crippen LogP contribution in [0.2, 0.25) is 0 Å². The van der Waals surface area contributed by atoms with Gasteiger partial charge in [0.2, 0.25) is 0 Å². The average Bonchev–Trinajstić information content (AvgIpc) is 3.51. The minimum atomic E-state index is -4.25. The average molecular weight is 571 g/mol. The number of fused-ring (bicyclic) bond motifs is 2. The van der Waals surface area contributed by atoms with Gasteiger partial charge in [0.1, 0.15) is 22.6 Å². The molecule has 12 heteroatoms. The zero-order valence-corrected chi connectivity index (χ0v) is 22.7. The highest BCUT2D eigenvalue weighted by Crippen LogP contribution is 2.41. The molecule has 1 aliphatic carbocycles. The van der Waals surface area contributed by atoms with Gasteiger partial charge in [0, 0.05) is 42.8 Å². The molecule has 4 heterocycles. The quantitative estimate of drug-likeness (QED) is 0.343. The van der Waals surface area contributed by atoms with Crippen molar-refractivity contribution in [3.05, 3.63) is 59.1 Å². The van der Waals surface area contributed by atoms with E-state index in [0.717, 1.165) is 0 Å². The Hall–Kier alpha value is -4.06. The van der Waals surface area contributed by atoms with E-state index >= 15 is 0 Å². The van der Waals surface area contributed by atoms with Crippen LogP contribution in [0.1, 0.15) is 58.2 Å². The number of nitrogens with one attached hydrogen (secondary N) is 1. The van der Waals surface area contributed by atoms with E-state index in [1.807, 2.05) is 6.92 Å². The minimum absolute atomic E-state index is 0.131. The minimum Gasteiger partial charge on any atom is -0.460 e. The van der Waals surface area contributed by atoms with Gasteiger partial charge in [-0.2, -0.15) is 18.3 Å². The lowest BCUT2D eigenvalue weighted by atomic mass is 9.79. The van der Waals surface area contributed by atoms with Crippen LogP contribution in [0.5, 0.6) is 11.5 Å². The molecule has 2 N–H and O–H groups in total. The number of benzene rings is 1. The Morgan fingerprint density at radius 1 is 1.22 bits per heavy atom. The number of aromatic nitrogens is 2. The summed E-state index contributed by atoms with van der Waals surface area (Å²) in [7, 11) is 0. The molecule has 2 aliphatic rings. The van der Waals surface area contributed by atoms with E-state index in [0.29, 0.717) is 57.8 Å². The summed E-state index contributed by atoms with van der Waals surface area (Å²) in [4.78, 5) is 27.8. The topological polar surface area (TPSA) is 109 Å². The third-order valence-corrected chi connectivity index (χ3v) is 8.09. The van der Waals surface area contributed by atoms with Gasteiger partial charge in [-0.1, -0.05) is 0 Å². The third-order valence-electron chi connectivity index (χ3n) is 8.09. The number of halogens is 3. The summed E-state index contributed by atoms with van der Waals surface area (Å²) in [5.41, 5.74) is 1.51. The van der Waals surface area contributed by atoms with E-state index in [2.05, 4.69) is 10.4 Å².